The molecule has 1 fully saturated rings. The van der Waals surface area contributed by atoms with Crippen molar-refractivity contribution in [2.45, 2.75) is 83.8 Å². The van der Waals surface area contributed by atoms with Gasteiger partial charge in [-0.3, -0.25) is 0 Å². The Morgan fingerprint density at radius 1 is 1.12 bits per heavy atom. The summed E-state index contributed by atoms with van der Waals surface area (Å²) in [4.78, 5) is 0. The average molecular weight is 241 g/mol. The highest BCUT2D eigenvalue weighted by atomic mass is 16.5. The lowest BCUT2D eigenvalue weighted by molar-refractivity contribution is -0.0633. The van der Waals surface area contributed by atoms with Crippen LogP contribution in [0.25, 0.3) is 0 Å². The minimum Gasteiger partial charge on any atom is -0.374 e. The van der Waals surface area contributed by atoms with E-state index >= 15 is 0 Å². The van der Waals surface area contributed by atoms with Crippen LogP contribution < -0.4 is 5.32 Å². The maximum absolute atomic E-state index is 6.17. The maximum atomic E-state index is 6.17. The van der Waals surface area contributed by atoms with Crippen molar-refractivity contribution in [3.8, 4) is 0 Å². The normalized spacial score (nSPS) is 20.6. The summed E-state index contributed by atoms with van der Waals surface area (Å²) in [7, 11) is 0. The van der Waals surface area contributed by atoms with Gasteiger partial charge < -0.3 is 10.1 Å². The van der Waals surface area contributed by atoms with E-state index in [0.717, 1.165) is 13.2 Å². The molecule has 102 valence electrons. The molecule has 2 heteroatoms. The van der Waals surface area contributed by atoms with Crippen LogP contribution in [0.1, 0.15) is 72.1 Å². The summed E-state index contributed by atoms with van der Waals surface area (Å²) < 4.78 is 6.17. The Balaban J connectivity index is 2.57. The van der Waals surface area contributed by atoms with Crippen molar-refractivity contribution >= 4 is 0 Å². The zero-order valence-corrected chi connectivity index (χ0v) is 12.1. The first-order valence-electron chi connectivity index (χ1n) is 7.66. The third-order valence-electron chi connectivity index (χ3n) is 4.06. The van der Waals surface area contributed by atoms with Crippen molar-refractivity contribution in [2.75, 3.05) is 13.2 Å². The summed E-state index contributed by atoms with van der Waals surface area (Å²) in [6.45, 7) is 8.54. The van der Waals surface area contributed by atoms with Crippen LogP contribution in [-0.4, -0.2) is 24.8 Å². The van der Waals surface area contributed by atoms with Gasteiger partial charge >= 0.3 is 0 Å². The first kappa shape index (κ1) is 15.0. The van der Waals surface area contributed by atoms with Gasteiger partial charge in [-0.2, -0.15) is 0 Å². The molecule has 0 aromatic rings. The van der Waals surface area contributed by atoms with E-state index in [9.17, 15) is 0 Å². The Hall–Kier alpha value is -0.0800. The molecule has 1 aliphatic carbocycles. The number of ether oxygens (including phenoxy) is 1. The fraction of sp³-hybridized carbons (Fsp3) is 1.00. The largest absolute Gasteiger partial charge is 0.374 e. The monoisotopic (exact) mass is 241 g/mol. The van der Waals surface area contributed by atoms with E-state index < -0.39 is 0 Å². The number of hydrogen-bond donors (Lipinski definition) is 1. The summed E-state index contributed by atoms with van der Waals surface area (Å²) in [6.07, 6.45) is 10.5. The van der Waals surface area contributed by atoms with Gasteiger partial charge in [0.2, 0.25) is 0 Å². The maximum Gasteiger partial charge on any atom is 0.0834 e. The molecule has 0 bridgehead atoms. The fourth-order valence-corrected chi connectivity index (χ4v) is 3.25. The van der Waals surface area contributed by atoms with Crippen molar-refractivity contribution in [2.24, 2.45) is 0 Å². The van der Waals surface area contributed by atoms with E-state index in [0.29, 0.717) is 6.04 Å². The Morgan fingerprint density at radius 3 is 2.35 bits per heavy atom. The van der Waals surface area contributed by atoms with Crippen LogP contribution in [0, 0.1) is 0 Å². The van der Waals surface area contributed by atoms with E-state index in [1.54, 1.807) is 0 Å². The zero-order chi connectivity index (χ0) is 12.6. The molecule has 1 atom stereocenters. The molecule has 1 unspecified atom stereocenters. The molecule has 17 heavy (non-hydrogen) atoms. The van der Waals surface area contributed by atoms with Crippen LogP contribution in [0.4, 0.5) is 0 Å². The quantitative estimate of drug-likeness (QED) is 0.618. The predicted molar refractivity (Wildman–Crippen MR) is 74.4 cm³/mol. The second kappa shape index (κ2) is 8.10. The molecule has 0 saturated heterocycles. The number of unbranched alkanes of at least 4 members (excludes halogenated alkanes) is 2. The molecule has 1 aliphatic rings. The summed E-state index contributed by atoms with van der Waals surface area (Å²) in [5.74, 6) is 0. The third-order valence-corrected chi connectivity index (χ3v) is 4.06. The topological polar surface area (TPSA) is 21.3 Å². The summed E-state index contributed by atoms with van der Waals surface area (Å²) >= 11 is 0. The van der Waals surface area contributed by atoms with Crippen LogP contribution in [0.3, 0.4) is 0 Å². The molecule has 0 spiro atoms. The molecule has 2 nitrogen and oxygen atoms in total. The van der Waals surface area contributed by atoms with Gasteiger partial charge in [0.25, 0.3) is 0 Å². The highest BCUT2D eigenvalue weighted by Crippen LogP contribution is 2.37. The van der Waals surface area contributed by atoms with Gasteiger partial charge in [-0.15, -0.1) is 0 Å². The van der Waals surface area contributed by atoms with Crippen LogP contribution in [-0.2, 0) is 4.74 Å². The fourth-order valence-electron chi connectivity index (χ4n) is 3.25. The average Bonchev–Trinajstić information content (AvgIpc) is 2.78. The van der Waals surface area contributed by atoms with Gasteiger partial charge in [-0.25, -0.2) is 0 Å². The van der Waals surface area contributed by atoms with Crippen LogP contribution >= 0.6 is 0 Å². The highest BCUT2D eigenvalue weighted by Gasteiger charge is 2.41. The molecule has 0 aromatic carbocycles. The molecule has 0 heterocycles. The number of nitrogens with one attached hydrogen (secondary N) is 1. The number of rotatable bonds is 9. The molecular weight excluding hydrogens is 210 g/mol. The van der Waals surface area contributed by atoms with Crippen molar-refractivity contribution in [3.63, 3.8) is 0 Å². The zero-order valence-electron chi connectivity index (χ0n) is 12.1. The van der Waals surface area contributed by atoms with Crippen LogP contribution in [0.15, 0.2) is 0 Å². The second-order valence-electron chi connectivity index (χ2n) is 5.31. The standard InChI is InChI=1S/C15H31NO/c1-4-7-8-11-14(16-5-2)15(17-6-3)12-9-10-13-15/h14,16H,4-13H2,1-3H3. The Bertz CT molecular complexity index is 187. The SMILES string of the molecule is CCCCCC(NCC)C1(OCC)CCCC1. The molecule has 1 rings (SSSR count). The molecule has 1 saturated carbocycles. The summed E-state index contributed by atoms with van der Waals surface area (Å²) in [5.41, 5.74) is 0.151. The van der Waals surface area contributed by atoms with E-state index in [2.05, 4.69) is 26.1 Å². The molecular formula is C15H31NO. The van der Waals surface area contributed by atoms with Crippen molar-refractivity contribution in [1.82, 2.24) is 5.32 Å². The molecule has 0 aromatic heterocycles. The molecule has 0 radical (unpaired) electrons. The Morgan fingerprint density at radius 2 is 1.82 bits per heavy atom. The van der Waals surface area contributed by atoms with Gasteiger partial charge in [0.05, 0.1) is 5.60 Å². The van der Waals surface area contributed by atoms with E-state index in [1.807, 2.05) is 0 Å². The van der Waals surface area contributed by atoms with Gasteiger partial charge in [-0.1, -0.05) is 46.0 Å². The minimum absolute atomic E-state index is 0.151. The van der Waals surface area contributed by atoms with E-state index in [-0.39, 0.29) is 5.60 Å². The number of likely N-dealkylation sites (N-methyl/N-ethyl adjacent to an activating group) is 1. The predicted octanol–water partition coefficient (Wildman–Crippen LogP) is 3.89. The van der Waals surface area contributed by atoms with Gasteiger partial charge in [0.1, 0.15) is 0 Å². The van der Waals surface area contributed by atoms with Crippen LogP contribution in [0.2, 0.25) is 0 Å². The first-order chi connectivity index (χ1) is 8.29. The van der Waals surface area contributed by atoms with Gasteiger partial charge in [0.15, 0.2) is 0 Å². The molecule has 0 amide bonds. The lowest BCUT2D eigenvalue weighted by atomic mass is 9.88. The summed E-state index contributed by atoms with van der Waals surface area (Å²) in [6, 6.07) is 0.571. The molecule has 1 N–H and O–H groups in total. The Kier molecular flexibility index (Phi) is 7.14. The van der Waals surface area contributed by atoms with Crippen molar-refractivity contribution in [3.05, 3.63) is 0 Å². The number of hydrogen-bond acceptors (Lipinski definition) is 2. The second-order valence-corrected chi connectivity index (χ2v) is 5.31. The first-order valence-corrected chi connectivity index (χ1v) is 7.66. The van der Waals surface area contributed by atoms with E-state index in [1.165, 1.54) is 51.4 Å². The lowest BCUT2D eigenvalue weighted by Gasteiger charge is -2.38. The smallest absolute Gasteiger partial charge is 0.0834 e. The van der Waals surface area contributed by atoms with Gasteiger partial charge in [0, 0.05) is 12.6 Å². The van der Waals surface area contributed by atoms with E-state index in [4.69, 9.17) is 4.74 Å². The Labute approximate surface area is 108 Å². The van der Waals surface area contributed by atoms with Crippen molar-refractivity contribution < 1.29 is 4.74 Å². The minimum atomic E-state index is 0.151. The summed E-state index contributed by atoms with van der Waals surface area (Å²) in [5, 5.41) is 3.68. The van der Waals surface area contributed by atoms with Gasteiger partial charge in [-0.05, 0) is 32.7 Å². The highest BCUT2D eigenvalue weighted by molar-refractivity contribution is 4.96. The lowest BCUT2D eigenvalue weighted by Crippen LogP contribution is -2.51. The van der Waals surface area contributed by atoms with Crippen LogP contribution in [0.5, 0.6) is 0 Å². The third kappa shape index (κ3) is 4.26. The van der Waals surface area contributed by atoms with Crippen molar-refractivity contribution in [1.29, 1.82) is 0 Å². The molecule has 0 aliphatic heterocycles.